The summed E-state index contributed by atoms with van der Waals surface area (Å²) < 4.78 is 80.4. The number of anilines is 2. The number of amides is 2. The van der Waals surface area contributed by atoms with E-state index in [-0.39, 0.29) is 47.6 Å². The van der Waals surface area contributed by atoms with Crippen LogP contribution in [-0.4, -0.2) is 60.2 Å². The van der Waals surface area contributed by atoms with Crippen LogP contribution in [0.25, 0.3) is 22.1 Å². The van der Waals surface area contributed by atoms with Crippen molar-refractivity contribution in [3.05, 3.63) is 41.1 Å². The molecule has 2 amide bonds. The van der Waals surface area contributed by atoms with Crippen molar-refractivity contribution >= 4 is 45.7 Å². The van der Waals surface area contributed by atoms with E-state index in [2.05, 4.69) is 30.4 Å². The van der Waals surface area contributed by atoms with E-state index in [9.17, 15) is 27.6 Å². The minimum absolute atomic E-state index is 0.00855. The van der Waals surface area contributed by atoms with E-state index in [1.165, 1.54) is 35.2 Å². The van der Waals surface area contributed by atoms with Crippen LogP contribution in [0.1, 0.15) is 37.2 Å². The number of methoxy groups -OCH3 is 1. The molecule has 2 aliphatic carbocycles. The Morgan fingerprint density at radius 2 is 2.05 bits per heavy atom. The van der Waals surface area contributed by atoms with Gasteiger partial charge in [0.25, 0.3) is 0 Å². The molecule has 4 aromatic heterocycles. The Bertz CT molecular complexity index is 1920. The molecule has 6 rings (SSSR count). The van der Waals surface area contributed by atoms with Crippen molar-refractivity contribution in [2.24, 2.45) is 18.6 Å². The molecule has 4 atom stereocenters. The summed E-state index contributed by atoms with van der Waals surface area (Å²) in [6.07, 6.45) is -3.22. The normalized spacial score (nSPS) is 27.6. The van der Waals surface area contributed by atoms with Crippen molar-refractivity contribution in [2.75, 3.05) is 12.4 Å². The number of alkyl halides is 3. The van der Waals surface area contributed by atoms with Gasteiger partial charge in [0.1, 0.15) is 11.6 Å². The Balaban J connectivity index is 1.38. The Hall–Kier alpha value is -4.63. The lowest BCUT2D eigenvalue weighted by molar-refractivity contribution is -0.160. The minimum Gasteiger partial charge on any atom is -0.453 e. The molecule has 4 N–H and O–H groups in total. The van der Waals surface area contributed by atoms with Crippen LogP contribution < -0.4 is 22.1 Å². The van der Waals surface area contributed by atoms with Gasteiger partial charge < -0.3 is 21.1 Å². The summed E-state index contributed by atoms with van der Waals surface area (Å²) in [6, 6.07) is 2.30. The number of pyridine rings is 2. The molecule has 0 aromatic carbocycles. The summed E-state index contributed by atoms with van der Waals surface area (Å²) in [6.45, 7) is -2.86. The second-order valence-corrected chi connectivity index (χ2v) is 10.0. The number of fused-ring (bicyclic) bond motifs is 2. The lowest BCUT2D eigenvalue weighted by Gasteiger charge is -2.17. The fourth-order valence-electron chi connectivity index (χ4n) is 5.54. The lowest BCUT2D eigenvalue weighted by atomic mass is 10.2. The number of alkyl carbamates (subject to hydrolysis) is 1. The Morgan fingerprint density at radius 3 is 2.73 bits per heavy atom. The van der Waals surface area contributed by atoms with Crippen LogP contribution in [0.5, 0.6) is 0 Å². The first kappa shape index (κ1) is 22.1. The van der Waals surface area contributed by atoms with Gasteiger partial charge in [0, 0.05) is 34.6 Å². The van der Waals surface area contributed by atoms with Crippen molar-refractivity contribution < 1.29 is 33.0 Å². The summed E-state index contributed by atoms with van der Waals surface area (Å²) in [4.78, 5) is 46.1. The second-order valence-electron chi connectivity index (χ2n) is 10.0. The van der Waals surface area contributed by atoms with E-state index in [0.29, 0.717) is 9.95 Å². The van der Waals surface area contributed by atoms with Crippen molar-refractivity contribution in [1.82, 2.24) is 34.2 Å². The molecule has 4 aromatic rings. The monoisotopic (exact) mass is 577 g/mol. The summed E-state index contributed by atoms with van der Waals surface area (Å²) >= 11 is 0. The van der Waals surface area contributed by atoms with E-state index in [0.717, 1.165) is 11.8 Å². The molecule has 4 heterocycles. The highest BCUT2D eigenvalue weighted by atomic mass is 19.4. The predicted octanol–water partition coefficient (Wildman–Crippen LogP) is 2.44. The Labute approximate surface area is 235 Å². The van der Waals surface area contributed by atoms with Gasteiger partial charge >= 0.3 is 18.0 Å². The van der Waals surface area contributed by atoms with Gasteiger partial charge in [-0.2, -0.15) is 18.3 Å². The molecule has 16 heteroatoms. The Morgan fingerprint density at radius 1 is 1.24 bits per heavy atom. The highest BCUT2D eigenvalue weighted by Crippen LogP contribution is 2.58. The predicted molar refractivity (Wildman–Crippen MR) is 139 cm³/mol. The molecular formula is C25H26F3N9O4. The van der Waals surface area contributed by atoms with E-state index < -0.39 is 60.8 Å². The lowest BCUT2D eigenvalue weighted by Crippen LogP contribution is -2.39. The molecule has 216 valence electrons. The molecule has 0 unspecified atom stereocenters. The van der Waals surface area contributed by atoms with E-state index in [1.54, 1.807) is 0 Å². The number of rotatable bonds is 6. The quantitative estimate of drug-likeness (QED) is 0.315. The van der Waals surface area contributed by atoms with Crippen molar-refractivity contribution in [3.63, 3.8) is 0 Å². The smallest absolute Gasteiger partial charge is 0.407 e. The number of aromatic nitrogens is 6. The largest absolute Gasteiger partial charge is 0.453 e. The topological polar surface area (TPSA) is 164 Å². The zero-order valence-electron chi connectivity index (χ0n) is 25.4. The average molecular weight is 578 g/mol. The van der Waals surface area contributed by atoms with Gasteiger partial charge in [-0.25, -0.2) is 24.2 Å². The summed E-state index contributed by atoms with van der Waals surface area (Å²) in [7, 11) is 1.16. The van der Waals surface area contributed by atoms with Crippen molar-refractivity contribution in [1.29, 1.82) is 0 Å². The van der Waals surface area contributed by atoms with Crippen molar-refractivity contribution in [2.45, 2.75) is 49.5 Å². The molecule has 0 saturated heterocycles. The maximum atomic E-state index is 13.6. The molecular weight excluding hydrogens is 547 g/mol. The number of nitrogens with two attached hydrogens (primary N) is 1. The van der Waals surface area contributed by atoms with Crippen LogP contribution in [0, 0.1) is 5.92 Å². The van der Waals surface area contributed by atoms with Gasteiger partial charge in [-0.05, 0) is 37.8 Å². The first-order chi connectivity index (χ1) is 21.0. The second kappa shape index (κ2) is 9.21. The van der Waals surface area contributed by atoms with Gasteiger partial charge in [0.2, 0.25) is 5.91 Å². The number of ether oxygens (including phenoxy) is 1. The minimum atomic E-state index is -4.68. The highest BCUT2D eigenvalue weighted by Gasteiger charge is 2.73. The maximum Gasteiger partial charge on any atom is 0.407 e. The maximum absolute atomic E-state index is 13.6. The standard InChI is InChI=1S/C25H26F3N9O4/c1-35-16-11-30-19(8-15(16)36(23(35)40)14-5-4-13(7-14)32-22(39)41-2)33-18-6-3-12-10-31-37(20(12)34-18)24(21(29)38)9-17(24)25(26,27)28/h3,6,8,10-11,13-14,17H,4-5,7,9H2,1-2H3,(H2,29,38)(H,32,39)(H,30,33,34)/t13-,14-,17+,24+/m1/s1/i1D3,13D. The molecule has 0 bridgehead atoms. The van der Waals surface area contributed by atoms with Crippen LogP contribution in [0.15, 0.2) is 35.4 Å². The molecule has 13 nitrogen and oxygen atoms in total. The van der Waals surface area contributed by atoms with E-state index in [1.807, 2.05) is 0 Å². The molecule has 41 heavy (non-hydrogen) atoms. The number of nitrogens with zero attached hydrogens (tertiary/aromatic N) is 6. The number of nitrogens with one attached hydrogen (secondary N) is 2. The van der Waals surface area contributed by atoms with Crippen LogP contribution >= 0.6 is 0 Å². The third-order valence-corrected chi connectivity index (χ3v) is 7.66. The van der Waals surface area contributed by atoms with Crippen LogP contribution in [0.3, 0.4) is 0 Å². The van der Waals surface area contributed by atoms with Gasteiger partial charge in [-0.3, -0.25) is 13.9 Å². The van der Waals surface area contributed by atoms with Crippen LogP contribution in [0.4, 0.5) is 29.6 Å². The Kier molecular flexibility index (Phi) is 4.96. The van der Waals surface area contributed by atoms with Gasteiger partial charge in [0.15, 0.2) is 11.2 Å². The van der Waals surface area contributed by atoms with Gasteiger partial charge in [-0.1, -0.05) is 0 Å². The summed E-state index contributed by atoms with van der Waals surface area (Å²) in [5.41, 5.74) is 2.56. The zero-order valence-corrected chi connectivity index (χ0v) is 21.4. The van der Waals surface area contributed by atoms with Gasteiger partial charge in [0.05, 0.1) is 37.8 Å². The van der Waals surface area contributed by atoms with Crippen LogP contribution in [-0.2, 0) is 22.0 Å². The fourth-order valence-corrected chi connectivity index (χ4v) is 5.54. The number of hydrogen-bond acceptors (Lipinski definition) is 8. The van der Waals surface area contributed by atoms with Crippen molar-refractivity contribution in [3.8, 4) is 0 Å². The molecule has 0 spiro atoms. The third kappa shape index (κ3) is 4.24. The number of aryl methyl sites for hydroxylation is 1. The highest BCUT2D eigenvalue weighted by molar-refractivity contribution is 5.89. The third-order valence-electron chi connectivity index (χ3n) is 7.66. The summed E-state index contributed by atoms with van der Waals surface area (Å²) in [5, 5.41) is 9.69. The number of carbonyl (C=O) groups is 2. The number of imidazole rings is 1. The fraction of sp³-hybridized carbons (Fsp3) is 0.440. The first-order valence-electron chi connectivity index (χ1n) is 14.5. The summed E-state index contributed by atoms with van der Waals surface area (Å²) in [5.74, 6) is -3.02. The number of hydrogen-bond donors (Lipinski definition) is 3. The molecule has 2 saturated carbocycles. The van der Waals surface area contributed by atoms with E-state index >= 15 is 0 Å². The molecule has 0 aliphatic heterocycles. The number of primary amides is 1. The molecule has 2 fully saturated rings. The van der Waals surface area contributed by atoms with Gasteiger partial charge in [-0.15, -0.1) is 0 Å². The number of carbonyl (C=O) groups excluding carboxylic acids is 2. The average Bonchev–Trinajstić information content (AvgIpc) is 3.25. The zero-order chi connectivity index (χ0) is 32.7. The molecule has 2 aliphatic rings. The van der Waals surface area contributed by atoms with E-state index in [4.69, 9.17) is 11.2 Å². The first-order valence-corrected chi connectivity index (χ1v) is 12.5. The number of halogens is 3. The molecule has 0 radical (unpaired) electrons. The van der Waals surface area contributed by atoms with Crippen LogP contribution in [0.2, 0.25) is 0 Å². The SMILES string of the molecule is [2H]C([2H])([2H])n1c(=O)n([C@@H]2CC[C@@]([2H])(NC(=O)OC)C2)c2cc(Nc3ccc4cnn([C@@]5(C(N)=O)C[C@@H]5C(F)(F)F)c4n3)ncc21.